The zero-order valence-corrected chi connectivity index (χ0v) is 16.9. The third-order valence-corrected chi connectivity index (χ3v) is 4.29. The Morgan fingerprint density at radius 1 is 1.11 bits per heavy atom. The van der Waals surface area contributed by atoms with Crippen molar-refractivity contribution < 1.29 is 14.3 Å². The van der Waals surface area contributed by atoms with Crippen molar-refractivity contribution in [2.75, 3.05) is 19.5 Å². The zero-order chi connectivity index (χ0) is 19.8. The van der Waals surface area contributed by atoms with Gasteiger partial charge in [-0.05, 0) is 60.5 Å². The van der Waals surface area contributed by atoms with E-state index in [0.29, 0.717) is 16.6 Å². The first-order valence-corrected chi connectivity index (χ1v) is 9.23. The molecule has 0 fully saturated rings. The van der Waals surface area contributed by atoms with Crippen molar-refractivity contribution in [2.24, 2.45) is 5.92 Å². The molecule has 0 spiro atoms. The summed E-state index contributed by atoms with van der Waals surface area (Å²) in [6.45, 7) is 4.35. The molecule has 0 amide bonds. The summed E-state index contributed by atoms with van der Waals surface area (Å²) >= 11 is 5.49. The number of anilines is 1. The summed E-state index contributed by atoms with van der Waals surface area (Å²) in [5, 5.41) is 7.02. The second-order valence-corrected chi connectivity index (χ2v) is 7.03. The molecule has 2 aromatic carbocycles. The maximum Gasteiger partial charge on any atom is 0.337 e. The van der Waals surface area contributed by atoms with Crippen molar-refractivity contribution in [1.82, 2.24) is 5.32 Å². The molecule has 6 heteroatoms. The molecule has 5 nitrogen and oxygen atoms in total. The number of nitrogens with one attached hydrogen (secondary N) is 2. The molecule has 0 heterocycles. The summed E-state index contributed by atoms with van der Waals surface area (Å²) in [5.74, 6) is 0.936. The minimum Gasteiger partial charge on any atom is -0.497 e. The first kappa shape index (κ1) is 20.7. The Balaban J connectivity index is 2.10. The maximum atomic E-state index is 11.7. The fraction of sp³-hybridized carbons (Fsp3) is 0.333. The van der Waals surface area contributed by atoms with Gasteiger partial charge in [-0.2, -0.15) is 0 Å². The van der Waals surface area contributed by atoms with Gasteiger partial charge in [-0.1, -0.05) is 32.0 Å². The van der Waals surface area contributed by atoms with Gasteiger partial charge in [0.1, 0.15) is 5.75 Å². The standard InChI is InChI=1S/C21H26N2O3S/c1-14(2)12-19(15-8-10-18(25-3)11-9-15)23-21(27)22-17-7-5-6-16(13-17)20(24)26-4/h5-11,13-14,19H,12H2,1-4H3,(H2,22,23,27)/t19-/m0/s1. The average Bonchev–Trinajstić information content (AvgIpc) is 2.66. The first-order valence-electron chi connectivity index (χ1n) is 8.82. The predicted octanol–water partition coefficient (Wildman–Crippen LogP) is 4.56. The Kier molecular flexibility index (Phi) is 7.61. The lowest BCUT2D eigenvalue weighted by Crippen LogP contribution is -2.33. The Bertz CT molecular complexity index is 775. The monoisotopic (exact) mass is 386 g/mol. The van der Waals surface area contributed by atoms with Gasteiger partial charge >= 0.3 is 5.97 Å². The predicted molar refractivity (Wildman–Crippen MR) is 112 cm³/mol. The highest BCUT2D eigenvalue weighted by Crippen LogP contribution is 2.24. The van der Waals surface area contributed by atoms with E-state index >= 15 is 0 Å². The second-order valence-electron chi connectivity index (χ2n) is 6.63. The lowest BCUT2D eigenvalue weighted by Gasteiger charge is -2.23. The summed E-state index contributed by atoms with van der Waals surface area (Å²) in [6.07, 6.45) is 0.927. The van der Waals surface area contributed by atoms with Crippen LogP contribution in [-0.2, 0) is 4.74 Å². The van der Waals surface area contributed by atoms with Crippen LogP contribution in [0, 0.1) is 5.92 Å². The van der Waals surface area contributed by atoms with E-state index in [2.05, 4.69) is 24.5 Å². The van der Waals surface area contributed by atoms with Crippen LogP contribution in [0.3, 0.4) is 0 Å². The summed E-state index contributed by atoms with van der Waals surface area (Å²) in [4.78, 5) is 11.7. The molecule has 0 aliphatic heterocycles. The lowest BCUT2D eigenvalue weighted by molar-refractivity contribution is 0.0601. The van der Waals surface area contributed by atoms with Crippen LogP contribution in [0.5, 0.6) is 5.75 Å². The van der Waals surface area contributed by atoms with Crippen LogP contribution in [0.1, 0.15) is 42.2 Å². The van der Waals surface area contributed by atoms with Crippen molar-refractivity contribution in [3.63, 3.8) is 0 Å². The van der Waals surface area contributed by atoms with Crippen molar-refractivity contribution in [3.05, 3.63) is 59.7 Å². The number of esters is 1. The summed E-state index contributed by atoms with van der Waals surface area (Å²) in [5.41, 5.74) is 2.34. The molecule has 0 saturated heterocycles. The van der Waals surface area contributed by atoms with Gasteiger partial charge < -0.3 is 20.1 Å². The molecule has 0 radical (unpaired) electrons. The number of carbonyl (C=O) groups excluding carboxylic acids is 1. The molecule has 2 rings (SSSR count). The van der Waals surface area contributed by atoms with Crippen LogP contribution in [0.4, 0.5) is 5.69 Å². The highest BCUT2D eigenvalue weighted by Gasteiger charge is 2.15. The summed E-state index contributed by atoms with van der Waals surface area (Å²) < 4.78 is 9.99. The molecule has 2 N–H and O–H groups in total. The minimum absolute atomic E-state index is 0.0692. The number of hydrogen-bond acceptors (Lipinski definition) is 4. The molecule has 0 saturated carbocycles. The van der Waals surface area contributed by atoms with Gasteiger partial charge in [0.25, 0.3) is 0 Å². The van der Waals surface area contributed by atoms with Gasteiger partial charge in [0.15, 0.2) is 5.11 Å². The van der Waals surface area contributed by atoms with Crippen molar-refractivity contribution >= 4 is 29.0 Å². The van der Waals surface area contributed by atoms with Crippen LogP contribution in [0.2, 0.25) is 0 Å². The average molecular weight is 387 g/mol. The van der Waals surface area contributed by atoms with E-state index in [1.165, 1.54) is 7.11 Å². The Morgan fingerprint density at radius 2 is 1.81 bits per heavy atom. The van der Waals surface area contributed by atoms with Crippen molar-refractivity contribution in [1.29, 1.82) is 0 Å². The van der Waals surface area contributed by atoms with E-state index < -0.39 is 0 Å². The Hall–Kier alpha value is -2.60. The van der Waals surface area contributed by atoms with Gasteiger partial charge in [0.05, 0.1) is 25.8 Å². The number of methoxy groups -OCH3 is 2. The Labute approximate surface area is 166 Å². The fourth-order valence-electron chi connectivity index (χ4n) is 2.75. The van der Waals surface area contributed by atoms with Crippen LogP contribution >= 0.6 is 12.2 Å². The van der Waals surface area contributed by atoms with E-state index in [1.54, 1.807) is 25.3 Å². The van der Waals surface area contributed by atoms with E-state index in [-0.39, 0.29) is 12.0 Å². The molecule has 0 aliphatic rings. The van der Waals surface area contributed by atoms with Crippen LogP contribution in [-0.4, -0.2) is 25.3 Å². The second kappa shape index (κ2) is 9.92. The SMILES string of the molecule is COC(=O)c1cccc(NC(=S)N[C@@H](CC(C)C)c2ccc(OC)cc2)c1. The maximum absolute atomic E-state index is 11.7. The quantitative estimate of drug-likeness (QED) is 0.538. The van der Waals surface area contributed by atoms with E-state index in [4.69, 9.17) is 21.7 Å². The third kappa shape index (κ3) is 6.25. The molecule has 27 heavy (non-hydrogen) atoms. The molecular weight excluding hydrogens is 360 g/mol. The van der Waals surface area contributed by atoms with Gasteiger partial charge in [-0.3, -0.25) is 0 Å². The summed E-state index contributed by atoms with van der Waals surface area (Å²) in [7, 11) is 3.01. The number of ether oxygens (including phenoxy) is 2. The zero-order valence-electron chi connectivity index (χ0n) is 16.1. The molecule has 2 aromatic rings. The highest BCUT2D eigenvalue weighted by molar-refractivity contribution is 7.80. The molecule has 1 atom stereocenters. The number of hydrogen-bond donors (Lipinski definition) is 2. The number of thiocarbonyl (C=S) groups is 1. The topological polar surface area (TPSA) is 59.6 Å². The molecule has 0 aliphatic carbocycles. The third-order valence-electron chi connectivity index (χ3n) is 4.07. The fourth-order valence-corrected chi connectivity index (χ4v) is 3.01. The van der Waals surface area contributed by atoms with E-state index in [0.717, 1.165) is 23.4 Å². The first-order chi connectivity index (χ1) is 12.9. The van der Waals surface area contributed by atoms with Gasteiger partial charge in [0, 0.05) is 5.69 Å². The highest BCUT2D eigenvalue weighted by atomic mass is 32.1. The summed E-state index contributed by atoms with van der Waals surface area (Å²) in [6, 6.07) is 15.1. The molecule has 0 bridgehead atoms. The molecule has 144 valence electrons. The number of rotatable bonds is 7. The van der Waals surface area contributed by atoms with E-state index in [1.807, 2.05) is 30.3 Å². The molecule has 0 aromatic heterocycles. The smallest absolute Gasteiger partial charge is 0.337 e. The van der Waals surface area contributed by atoms with E-state index in [9.17, 15) is 4.79 Å². The van der Waals surface area contributed by atoms with Crippen LogP contribution in [0.25, 0.3) is 0 Å². The largest absolute Gasteiger partial charge is 0.497 e. The van der Waals surface area contributed by atoms with Crippen molar-refractivity contribution in [2.45, 2.75) is 26.3 Å². The van der Waals surface area contributed by atoms with Gasteiger partial charge in [-0.15, -0.1) is 0 Å². The number of carbonyl (C=O) groups is 1. The van der Waals surface area contributed by atoms with Gasteiger partial charge in [0.2, 0.25) is 0 Å². The van der Waals surface area contributed by atoms with Crippen LogP contribution < -0.4 is 15.4 Å². The lowest BCUT2D eigenvalue weighted by atomic mass is 9.97. The minimum atomic E-state index is -0.381. The van der Waals surface area contributed by atoms with Crippen LogP contribution in [0.15, 0.2) is 48.5 Å². The molecule has 0 unspecified atom stereocenters. The number of benzene rings is 2. The van der Waals surface area contributed by atoms with Gasteiger partial charge in [-0.25, -0.2) is 4.79 Å². The van der Waals surface area contributed by atoms with Crippen molar-refractivity contribution in [3.8, 4) is 5.75 Å². The normalized spacial score (nSPS) is 11.6. The molecular formula is C21H26N2O3S. The Morgan fingerprint density at radius 3 is 2.41 bits per heavy atom.